The van der Waals surface area contributed by atoms with Crippen molar-refractivity contribution in [2.24, 2.45) is 0 Å². The molecule has 2 aromatic carbocycles. The minimum atomic E-state index is -0.652. The van der Waals surface area contributed by atoms with E-state index < -0.39 is 24.1 Å². The molecule has 2 aliphatic heterocycles. The zero-order valence-electron chi connectivity index (χ0n) is 17.4. The summed E-state index contributed by atoms with van der Waals surface area (Å²) < 4.78 is 34.1. The number of para-hydroxylation sites is 1. The van der Waals surface area contributed by atoms with Gasteiger partial charge in [-0.2, -0.15) is 4.68 Å². The van der Waals surface area contributed by atoms with Crippen LogP contribution in [0.5, 0.6) is 11.5 Å². The van der Waals surface area contributed by atoms with E-state index in [0.29, 0.717) is 33.7 Å². The largest absolute Gasteiger partial charge is 0.495 e. The fourth-order valence-electron chi connectivity index (χ4n) is 3.70. The summed E-state index contributed by atoms with van der Waals surface area (Å²) in [5.41, 5.74) is 0.335. The highest BCUT2D eigenvalue weighted by Crippen LogP contribution is 2.44. The molecule has 0 spiro atoms. The quantitative estimate of drug-likeness (QED) is 0.480. The Balaban J connectivity index is 1.72. The van der Waals surface area contributed by atoms with Crippen LogP contribution in [0.1, 0.15) is 39.4 Å². The van der Waals surface area contributed by atoms with Gasteiger partial charge in [0, 0.05) is 6.92 Å². The first-order chi connectivity index (χ1) is 14.1. The number of nitrogens with zero attached hydrogens (tertiary/aromatic N) is 2. The number of hydrogen-bond acceptors (Lipinski definition) is 6. The summed E-state index contributed by atoms with van der Waals surface area (Å²) in [6.07, 6.45) is 0. The fraction of sp³-hybridized carbons (Fsp3) is 0.333. The Labute approximate surface area is 173 Å². The van der Waals surface area contributed by atoms with Crippen LogP contribution in [0, 0.1) is 5.82 Å². The van der Waals surface area contributed by atoms with E-state index >= 15 is 0 Å². The van der Waals surface area contributed by atoms with Gasteiger partial charge < -0.3 is 19.4 Å². The fourth-order valence-corrected chi connectivity index (χ4v) is 3.70. The maximum Gasteiger partial charge on any atom is 0.495 e. The summed E-state index contributed by atoms with van der Waals surface area (Å²) in [6.45, 7) is 9.30. The van der Waals surface area contributed by atoms with Crippen LogP contribution in [0.4, 0.5) is 15.9 Å². The van der Waals surface area contributed by atoms with E-state index in [2.05, 4.69) is 10.4 Å². The Morgan fingerprint density at radius 3 is 2.50 bits per heavy atom. The first-order valence-electron chi connectivity index (χ1n) is 9.74. The number of rotatable bonds is 1. The molecule has 3 aromatic rings. The second-order valence-corrected chi connectivity index (χ2v) is 8.62. The van der Waals surface area contributed by atoms with Crippen LogP contribution < -0.4 is 15.5 Å². The van der Waals surface area contributed by atoms with Gasteiger partial charge in [-0.1, -0.05) is 6.07 Å². The van der Waals surface area contributed by atoms with Crippen molar-refractivity contribution in [3.05, 3.63) is 36.1 Å². The van der Waals surface area contributed by atoms with Crippen molar-refractivity contribution in [2.75, 3.05) is 5.32 Å². The van der Waals surface area contributed by atoms with Crippen molar-refractivity contribution < 1.29 is 23.2 Å². The molecule has 0 amide bonds. The van der Waals surface area contributed by atoms with E-state index in [-0.39, 0.29) is 11.6 Å². The van der Waals surface area contributed by atoms with Gasteiger partial charge in [-0.3, -0.25) is 4.79 Å². The van der Waals surface area contributed by atoms with E-state index in [4.69, 9.17) is 14.0 Å². The predicted molar refractivity (Wildman–Crippen MR) is 112 cm³/mol. The van der Waals surface area contributed by atoms with Gasteiger partial charge in [-0.05, 0) is 57.4 Å². The molecule has 1 aromatic heterocycles. The van der Waals surface area contributed by atoms with Crippen molar-refractivity contribution in [3.8, 4) is 11.5 Å². The van der Waals surface area contributed by atoms with Gasteiger partial charge in [0.2, 0.25) is 5.91 Å². The number of fused-ring (bicyclic) bond motifs is 1. The normalized spacial score (nSPS) is 18.5. The summed E-state index contributed by atoms with van der Waals surface area (Å²) >= 11 is 0. The van der Waals surface area contributed by atoms with Gasteiger partial charge in [-0.15, -0.1) is 5.10 Å². The van der Waals surface area contributed by atoms with Crippen LogP contribution in [0.25, 0.3) is 10.9 Å². The predicted octanol–water partition coefficient (Wildman–Crippen LogP) is 3.98. The summed E-state index contributed by atoms with van der Waals surface area (Å²) in [7, 11) is -0.652. The average molecular weight is 409 g/mol. The standard InChI is InChI=1S/C21H21BFN3O4/c1-11(27)26-14-9-12(22-29-20(2,3)21(4,5)30-22)10-16-17(14)19(25-26)24-18-13(23)7-6-8-15(18)28-16/h6-10H,1-5H3,(H,24,25). The number of carbonyl (C=O) groups excluding carboxylic acids is 1. The van der Waals surface area contributed by atoms with Crippen LogP contribution in [-0.4, -0.2) is 34.0 Å². The highest BCUT2D eigenvalue weighted by molar-refractivity contribution is 6.62. The summed E-state index contributed by atoms with van der Waals surface area (Å²) in [6, 6.07) is 8.17. The van der Waals surface area contributed by atoms with Crippen LogP contribution in [0.2, 0.25) is 0 Å². The molecule has 3 heterocycles. The molecule has 30 heavy (non-hydrogen) atoms. The monoisotopic (exact) mass is 409 g/mol. The first-order valence-corrected chi connectivity index (χ1v) is 9.74. The summed E-state index contributed by atoms with van der Waals surface area (Å²) in [5, 5.41) is 7.94. The molecule has 154 valence electrons. The minimum absolute atomic E-state index is 0.168. The van der Waals surface area contributed by atoms with Gasteiger partial charge in [0.1, 0.15) is 11.4 Å². The Morgan fingerprint density at radius 1 is 1.13 bits per heavy atom. The van der Waals surface area contributed by atoms with Gasteiger partial charge in [0.05, 0.1) is 22.1 Å². The molecular formula is C21H21BFN3O4. The second kappa shape index (κ2) is 6.06. The van der Waals surface area contributed by atoms with E-state index in [1.54, 1.807) is 24.3 Å². The highest BCUT2D eigenvalue weighted by atomic mass is 19.1. The average Bonchev–Trinajstić information content (AvgIpc) is 3.05. The molecule has 1 N–H and O–H groups in total. The molecule has 0 saturated carbocycles. The number of hydrogen-bond donors (Lipinski definition) is 1. The van der Waals surface area contributed by atoms with Crippen molar-refractivity contribution in [3.63, 3.8) is 0 Å². The van der Waals surface area contributed by atoms with Gasteiger partial charge in [0.25, 0.3) is 0 Å². The molecule has 7 nitrogen and oxygen atoms in total. The smallest absolute Gasteiger partial charge is 0.454 e. The number of benzene rings is 2. The Bertz CT molecular complexity index is 1200. The molecule has 1 fully saturated rings. The maximum atomic E-state index is 14.4. The molecule has 1 saturated heterocycles. The lowest BCUT2D eigenvalue weighted by Crippen LogP contribution is -2.41. The Morgan fingerprint density at radius 2 is 1.83 bits per heavy atom. The van der Waals surface area contributed by atoms with Crippen LogP contribution >= 0.6 is 0 Å². The van der Waals surface area contributed by atoms with Crippen LogP contribution in [0.3, 0.4) is 0 Å². The maximum absolute atomic E-state index is 14.4. The van der Waals surface area contributed by atoms with E-state index in [0.717, 1.165) is 0 Å². The zero-order valence-corrected chi connectivity index (χ0v) is 17.4. The number of nitrogens with one attached hydrogen (secondary N) is 1. The third kappa shape index (κ3) is 2.65. The second-order valence-electron chi connectivity index (χ2n) is 8.62. The van der Waals surface area contributed by atoms with E-state index in [1.165, 1.54) is 17.7 Å². The minimum Gasteiger partial charge on any atom is -0.454 e. The van der Waals surface area contributed by atoms with Crippen molar-refractivity contribution in [2.45, 2.75) is 45.8 Å². The SMILES string of the molecule is CC(=O)n1nc2c3c(cc(B4OC(C)(C)C(C)(C)O4)cc31)Oc1cccc(F)c1N2. The molecular weight excluding hydrogens is 388 g/mol. The third-order valence-corrected chi connectivity index (χ3v) is 6.03. The molecule has 9 heteroatoms. The molecule has 0 bridgehead atoms. The lowest BCUT2D eigenvalue weighted by Gasteiger charge is -2.32. The molecule has 2 aliphatic rings. The topological polar surface area (TPSA) is 74.6 Å². The third-order valence-electron chi connectivity index (χ3n) is 6.03. The number of aromatic nitrogens is 2. The number of anilines is 2. The number of carbonyl (C=O) groups is 1. The molecule has 0 unspecified atom stereocenters. The Kier molecular flexibility index (Phi) is 3.85. The van der Waals surface area contributed by atoms with Gasteiger partial charge in [-0.25, -0.2) is 4.39 Å². The summed E-state index contributed by atoms with van der Waals surface area (Å²) in [4.78, 5) is 12.3. The lowest BCUT2D eigenvalue weighted by molar-refractivity contribution is 0.00578. The van der Waals surface area contributed by atoms with Crippen molar-refractivity contribution in [1.29, 1.82) is 0 Å². The van der Waals surface area contributed by atoms with Gasteiger partial charge >= 0.3 is 7.12 Å². The summed E-state index contributed by atoms with van der Waals surface area (Å²) in [5.74, 6) is 0.363. The molecule has 0 radical (unpaired) electrons. The molecule has 5 rings (SSSR count). The lowest BCUT2D eigenvalue weighted by atomic mass is 9.78. The zero-order chi connectivity index (χ0) is 21.4. The highest BCUT2D eigenvalue weighted by Gasteiger charge is 2.52. The number of halogens is 1. The van der Waals surface area contributed by atoms with Crippen molar-refractivity contribution in [1.82, 2.24) is 9.78 Å². The molecule has 0 atom stereocenters. The van der Waals surface area contributed by atoms with Crippen LogP contribution in [-0.2, 0) is 9.31 Å². The molecule has 0 aliphatic carbocycles. The van der Waals surface area contributed by atoms with Gasteiger partial charge in [0.15, 0.2) is 17.4 Å². The van der Waals surface area contributed by atoms with E-state index in [9.17, 15) is 9.18 Å². The Hall–Kier alpha value is -2.91. The van der Waals surface area contributed by atoms with E-state index in [1.807, 2.05) is 27.7 Å². The van der Waals surface area contributed by atoms with Crippen molar-refractivity contribution >= 4 is 40.9 Å². The first kappa shape index (κ1) is 19.1. The van der Waals surface area contributed by atoms with Crippen LogP contribution in [0.15, 0.2) is 30.3 Å². The number of ether oxygens (including phenoxy) is 1.